The lowest BCUT2D eigenvalue weighted by molar-refractivity contribution is -0.136. The monoisotopic (exact) mass is 338 g/mol. The van der Waals surface area contributed by atoms with Crippen LogP contribution in [0, 0.1) is 5.82 Å². The van der Waals surface area contributed by atoms with Crippen molar-refractivity contribution in [1.82, 2.24) is 10.2 Å². The molecule has 0 aliphatic carbocycles. The number of thioether (sulfide) groups is 1. The molecule has 1 aliphatic rings. The van der Waals surface area contributed by atoms with E-state index in [1.54, 1.807) is 6.26 Å². The van der Waals surface area contributed by atoms with Crippen LogP contribution in [0.4, 0.5) is 4.39 Å². The van der Waals surface area contributed by atoms with Gasteiger partial charge < -0.3 is 4.90 Å². The molecule has 0 spiro atoms. The van der Waals surface area contributed by atoms with Gasteiger partial charge >= 0.3 is 0 Å². The molecule has 0 bridgehead atoms. The van der Waals surface area contributed by atoms with E-state index in [0.29, 0.717) is 6.29 Å². The lowest BCUT2D eigenvalue weighted by atomic mass is 10.0. The van der Waals surface area contributed by atoms with Crippen LogP contribution in [-0.2, 0) is 9.59 Å². The first-order valence-corrected chi connectivity index (χ1v) is 8.05. The third-order valence-electron chi connectivity index (χ3n) is 3.68. The molecule has 1 atom stereocenters. The van der Waals surface area contributed by atoms with Crippen LogP contribution in [0.15, 0.2) is 17.0 Å². The maximum absolute atomic E-state index is 13.9. The maximum atomic E-state index is 13.9. The Morgan fingerprint density at radius 2 is 2.13 bits per heavy atom. The fraction of sp³-hybridized carbons (Fsp3) is 0.333. The molecule has 0 aromatic heterocycles. The quantitative estimate of drug-likeness (QED) is 0.507. The molecule has 1 heterocycles. The number of aldehydes is 1. The highest BCUT2D eigenvalue weighted by Gasteiger charge is 2.33. The number of halogens is 1. The maximum Gasteiger partial charge on any atom is 0.255 e. The van der Waals surface area contributed by atoms with E-state index in [9.17, 15) is 23.6 Å². The lowest BCUT2D eigenvalue weighted by Crippen LogP contribution is -2.53. The molecule has 3 amide bonds. The summed E-state index contributed by atoms with van der Waals surface area (Å²) < 4.78 is 13.9. The second-order valence-corrected chi connectivity index (χ2v) is 5.92. The van der Waals surface area contributed by atoms with E-state index in [0.717, 1.165) is 22.7 Å². The van der Waals surface area contributed by atoms with Crippen LogP contribution in [-0.4, -0.2) is 48.3 Å². The summed E-state index contributed by atoms with van der Waals surface area (Å²) >= 11 is 1.12. The molecule has 1 fully saturated rings. The fourth-order valence-corrected chi connectivity index (χ4v) is 2.89. The summed E-state index contributed by atoms with van der Waals surface area (Å²) in [6.07, 6.45) is 2.44. The molecule has 1 unspecified atom stereocenters. The summed E-state index contributed by atoms with van der Waals surface area (Å²) in [5, 5.41) is 2.16. The molecule has 1 aromatic rings. The van der Waals surface area contributed by atoms with Crippen LogP contribution in [0.1, 0.15) is 33.6 Å². The van der Waals surface area contributed by atoms with Crippen LogP contribution < -0.4 is 5.32 Å². The van der Waals surface area contributed by atoms with E-state index < -0.39 is 29.6 Å². The summed E-state index contributed by atoms with van der Waals surface area (Å²) in [5.74, 6) is -2.22. The molecular weight excluding hydrogens is 323 g/mol. The number of hydrogen-bond donors (Lipinski definition) is 1. The van der Waals surface area contributed by atoms with Crippen molar-refractivity contribution in [2.45, 2.75) is 23.8 Å². The largest absolute Gasteiger partial charge is 0.330 e. The Morgan fingerprint density at radius 3 is 2.70 bits per heavy atom. The Bertz CT molecular complexity index is 692. The van der Waals surface area contributed by atoms with Gasteiger partial charge in [0.05, 0.1) is 5.56 Å². The number of nitrogens with zero attached hydrogens (tertiary/aromatic N) is 1. The van der Waals surface area contributed by atoms with Gasteiger partial charge in [-0.3, -0.25) is 24.5 Å². The lowest BCUT2D eigenvalue weighted by Gasteiger charge is -2.30. The van der Waals surface area contributed by atoms with E-state index in [1.165, 1.54) is 13.1 Å². The van der Waals surface area contributed by atoms with Crippen molar-refractivity contribution in [3.63, 3.8) is 0 Å². The van der Waals surface area contributed by atoms with Gasteiger partial charge in [0.2, 0.25) is 11.8 Å². The normalized spacial score (nSPS) is 17.6. The minimum absolute atomic E-state index is 0.0555. The van der Waals surface area contributed by atoms with Crippen LogP contribution in [0.2, 0.25) is 0 Å². The Balaban J connectivity index is 2.32. The average Bonchev–Trinajstić information content (AvgIpc) is 2.53. The first-order valence-electron chi connectivity index (χ1n) is 6.82. The van der Waals surface area contributed by atoms with E-state index in [-0.39, 0.29) is 28.9 Å². The zero-order valence-electron chi connectivity index (χ0n) is 12.6. The Morgan fingerprint density at radius 1 is 1.43 bits per heavy atom. The number of amides is 3. The standard InChI is InChI=1S/C15H15FN2O4S/c1-18(11-3-4-13(20)17-14(11)21)15(22)9-6-10(16)12(23-2)5-8(9)7-19/h5-7,11H,3-4H2,1-2H3,(H,17,20,21). The number of likely N-dealkylation sites (N-methyl/N-ethyl adjacent to an activating group) is 1. The molecule has 2 rings (SSSR count). The number of imide groups is 1. The number of carbonyl (C=O) groups is 4. The summed E-state index contributed by atoms with van der Waals surface area (Å²) in [4.78, 5) is 48.1. The van der Waals surface area contributed by atoms with Crippen molar-refractivity contribution in [3.8, 4) is 0 Å². The molecule has 1 N–H and O–H groups in total. The highest BCUT2D eigenvalue weighted by molar-refractivity contribution is 7.98. The number of nitrogens with one attached hydrogen (secondary N) is 1. The molecule has 1 saturated heterocycles. The van der Waals surface area contributed by atoms with Crippen molar-refractivity contribution >= 4 is 35.8 Å². The predicted molar refractivity (Wildman–Crippen MR) is 81.8 cm³/mol. The minimum Gasteiger partial charge on any atom is -0.330 e. The van der Waals surface area contributed by atoms with Crippen molar-refractivity contribution in [1.29, 1.82) is 0 Å². The first-order chi connectivity index (χ1) is 10.9. The molecule has 8 heteroatoms. The molecule has 0 saturated carbocycles. The number of hydrogen-bond acceptors (Lipinski definition) is 5. The van der Waals surface area contributed by atoms with Crippen molar-refractivity contribution in [2.24, 2.45) is 0 Å². The average molecular weight is 338 g/mol. The smallest absolute Gasteiger partial charge is 0.255 e. The topological polar surface area (TPSA) is 83.6 Å². The Labute approximate surface area is 136 Å². The minimum atomic E-state index is -0.831. The molecule has 1 aliphatic heterocycles. The number of benzene rings is 1. The van der Waals surface area contributed by atoms with Crippen LogP contribution in [0.25, 0.3) is 0 Å². The summed E-state index contributed by atoms with van der Waals surface area (Å²) in [6.45, 7) is 0. The molecule has 1 aromatic carbocycles. The van der Waals surface area contributed by atoms with Crippen molar-refractivity contribution < 1.29 is 23.6 Å². The predicted octanol–water partition coefficient (Wildman–Crippen LogP) is 1.24. The zero-order chi connectivity index (χ0) is 17.1. The van der Waals surface area contributed by atoms with Gasteiger partial charge in [0.25, 0.3) is 5.91 Å². The van der Waals surface area contributed by atoms with Gasteiger partial charge in [0.1, 0.15) is 11.9 Å². The van der Waals surface area contributed by atoms with Gasteiger partial charge in [-0.25, -0.2) is 4.39 Å². The van der Waals surface area contributed by atoms with Gasteiger partial charge in [0.15, 0.2) is 6.29 Å². The zero-order valence-corrected chi connectivity index (χ0v) is 13.4. The summed E-state index contributed by atoms with van der Waals surface area (Å²) in [6, 6.07) is 1.47. The third kappa shape index (κ3) is 3.42. The molecule has 23 heavy (non-hydrogen) atoms. The van der Waals surface area contributed by atoms with Gasteiger partial charge in [-0.1, -0.05) is 0 Å². The number of carbonyl (C=O) groups excluding carboxylic acids is 4. The van der Waals surface area contributed by atoms with Gasteiger partial charge in [-0.05, 0) is 24.8 Å². The molecular formula is C15H15FN2O4S. The Hall–Kier alpha value is -2.22. The van der Waals surface area contributed by atoms with E-state index in [2.05, 4.69) is 5.32 Å². The highest BCUT2D eigenvalue weighted by atomic mass is 32.2. The highest BCUT2D eigenvalue weighted by Crippen LogP contribution is 2.24. The van der Waals surface area contributed by atoms with E-state index in [1.807, 2.05) is 0 Å². The van der Waals surface area contributed by atoms with Crippen molar-refractivity contribution in [3.05, 3.63) is 29.1 Å². The fourth-order valence-electron chi connectivity index (χ4n) is 2.39. The third-order valence-corrected chi connectivity index (χ3v) is 4.43. The molecule has 0 radical (unpaired) electrons. The van der Waals surface area contributed by atoms with Crippen LogP contribution >= 0.6 is 11.8 Å². The summed E-state index contributed by atoms with van der Waals surface area (Å²) in [7, 11) is 1.39. The van der Waals surface area contributed by atoms with Crippen molar-refractivity contribution in [2.75, 3.05) is 13.3 Å². The Kier molecular flexibility index (Phi) is 5.15. The van der Waals surface area contributed by atoms with Gasteiger partial charge in [-0.2, -0.15) is 0 Å². The van der Waals surface area contributed by atoms with Crippen LogP contribution in [0.5, 0.6) is 0 Å². The molecule has 6 nitrogen and oxygen atoms in total. The van der Waals surface area contributed by atoms with Crippen LogP contribution in [0.3, 0.4) is 0 Å². The van der Waals surface area contributed by atoms with Gasteiger partial charge in [0, 0.05) is 23.9 Å². The second kappa shape index (κ2) is 6.91. The number of rotatable bonds is 4. The first kappa shape index (κ1) is 17.1. The SMILES string of the molecule is CSc1cc(C=O)c(C(=O)N(C)C2CCC(=O)NC2=O)cc1F. The number of piperidine rings is 1. The van der Waals surface area contributed by atoms with E-state index in [4.69, 9.17) is 0 Å². The molecule has 122 valence electrons. The van der Waals surface area contributed by atoms with E-state index >= 15 is 0 Å². The second-order valence-electron chi connectivity index (χ2n) is 5.07. The summed E-state index contributed by atoms with van der Waals surface area (Å²) in [5.41, 5.74) is -0.0533. The van der Waals surface area contributed by atoms with Gasteiger partial charge in [-0.15, -0.1) is 11.8 Å².